The van der Waals surface area contributed by atoms with Gasteiger partial charge in [0, 0.05) is 25.2 Å². The van der Waals surface area contributed by atoms with Crippen LogP contribution in [0, 0.1) is 5.92 Å². The van der Waals surface area contributed by atoms with Gasteiger partial charge in [0.05, 0.1) is 4.90 Å². The minimum atomic E-state index is -3.83. The first-order chi connectivity index (χ1) is 14.0. The van der Waals surface area contributed by atoms with Crippen LogP contribution in [0.2, 0.25) is 0 Å². The summed E-state index contributed by atoms with van der Waals surface area (Å²) in [6, 6.07) is 12.5. The topological polar surface area (TPSA) is 78.5 Å². The molecule has 2 rings (SSSR count). The molecule has 7 heteroatoms. The van der Waals surface area contributed by atoms with Gasteiger partial charge in [-0.15, -0.1) is 0 Å². The van der Waals surface area contributed by atoms with Gasteiger partial charge in [0.1, 0.15) is 6.04 Å². The summed E-state index contributed by atoms with van der Waals surface area (Å²) in [5, 5.41) is 4.71. The Bertz CT molecular complexity index is 947. The number of hydrogen-bond acceptors (Lipinski definition) is 4. The maximum absolute atomic E-state index is 13.0. The molecule has 0 aliphatic carbocycles. The van der Waals surface area contributed by atoms with Crippen molar-refractivity contribution in [2.75, 3.05) is 13.1 Å². The Morgan fingerprint density at radius 3 is 2.10 bits per heavy atom. The van der Waals surface area contributed by atoms with Crippen molar-refractivity contribution in [3.8, 4) is 0 Å². The van der Waals surface area contributed by atoms with E-state index in [1.54, 1.807) is 18.2 Å². The van der Waals surface area contributed by atoms with E-state index in [2.05, 4.69) is 42.6 Å². The molecule has 0 bridgehead atoms. The van der Waals surface area contributed by atoms with Crippen LogP contribution < -0.4 is 10.0 Å². The second-order valence-electron chi connectivity index (χ2n) is 8.57. The Kier molecular flexibility index (Phi) is 8.41. The average Bonchev–Trinajstić information content (AvgIpc) is 2.68. The second kappa shape index (κ2) is 10.4. The summed E-state index contributed by atoms with van der Waals surface area (Å²) in [5.41, 5.74) is 0. The van der Waals surface area contributed by atoms with Crippen molar-refractivity contribution in [1.29, 1.82) is 0 Å². The third-order valence-electron chi connectivity index (χ3n) is 5.26. The minimum Gasteiger partial charge on any atom is -0.353 e. The van der Waals surface area contributed by atoms with Gasteiger partial charge in [0.25, 0.3) is 0 Å². The van der Waals surface area contributed by atoms with Crippen LogP contribution in [0.1, 0.15) is 41.5 Å². The summed E-state index contributed by atoms with van der Waals surface area (Å²) in [6.45, 7) is 13.3. The van der Waals surface area contributed by atoms with Crippen LogP contribution in [0.5, 0.6) is 0 Å². The molecule has 0 aliphatic rings. The van der Waals surface area contributed by atoms with Gasteiger partial charge < -0.3 is 5.32 Å². The molecule has 0 heterocycles. The van der Waals surface area contributed by atoms with E-state index >= 15 is 0 Å². The summed E-state index contributed by atoms with van der Waals surface area (Å²) in [6.07, 6.45) is 0. The van der Waals surface area contributed by atoms with Crippen LogP contribution in [0.15, 0.2) is 47.4 Å². The molecule has 1 amide bonds. The van der Waals surface area contributed by atoms with Gasteiger partial charge in [-0.1, -0.05) is 44.2 Å². The summed E-state index contributed by atoms with van der Waals surface area (Å²) >= 11 is 0. The summed E-state index contributed by atoms with van der Waals surface area (Å²) in [4.78, 5) is 15.2. The molecule has 30 heavy (non-hydrogen) atoms. The summed E-state index contributed by atoms with van der Waals surface area (Å²) in [7, 11) is -3.83. The first-order valence-electron chi connectivity index (χ1n) is 10.6. The first-order valence-corrected chi connectivity index (χ1v) is 12.1. The zero-order valence-electron chi connectivity index (χ0n) is 18.8. The predicted molar refractivity (Wildman–Crippen MR) is 123 cm³/mol. The Labute approximate surface area is 181 Å². The van der Waals surface area contributed by atoms with E-state index in [9.17, 15) is 13.2 Å². The number of carbonyl (C=O) groups is 1. The third kappa shape index (κ3) is 6.27. The fourth-order valence-electron chi connectivity index (χ4n) is 3.59. The molecule has 166 valence electrons. The Morgan fingerprint density at radius 2 is 1.53 bits per heavy atom. The molecule has 0 fully saturated rings. The van der Waals surface area contributed by atoms with Crippen LogP contribution in [-0.2, 0) is 14.8 Å². The number of rotatable bonds is 10. The van der Waals surface area contributed by atoms with Gasteiger partial charge in [-0.2, -0.15) is 4.72 Å². The van der Waals surface area contributed by atoms with E-state index in [-0.39, 0.29) is 16.7 Å². The van der Waals surface area contributed by atoms with Crippen molar-refractivity contribution in [2.24, 2.45) is 5.92 Å². The summed E-state index contributed by atoms with van der Waals surface area (Å²) < 4.78 is 28.5. The zero-order chi connectivity index (χ0) is 22.5. The van der Waals surface area contributed by atoms with Crippen molar-refractivity contribution in [2.45, 2.75) is 64.6 Å². The van der Waals surface area contributed by atoms with E-state index in [0.717, 1.165) is 10.8 Å². The smallest absolute Gasteiger partial charge is 0.241 e. The molecule has 0 aromatic heterocycles. The van der Waals surface area contributed by atoms with Gasteiger partial charge in [-0.3, -0.25) is 9.69 Å². The Morgan fingerprint density at radius 1 is 0.933 bits per heavy atom. The molecule has 0 saturated heterocycles. The molecule has 0 aliphatic heterocycles. The molecule has 0 radical (unpaired) electrons. The van der Waals surface area contributed by atoms with Gasteiger partial charge in [-0.05, 0) is 56.5 Å². The number of carbonyl (C=O) groups excluding carboxylic acids is 1. The monoisotopic (exact) mass is 433 g/mol. The zero-order valence-corrected chi connectivity index (χ0v) is 19.7. The molecule has 2 aromatic carbocycles. The van der Waals surface area contributed by atoms with Crippen LogP contribution in [0.25, 0.3) is 10.8 Å². The predicted octanol–water partition coefficient (Wildman–Crippen LogP) is 3.38. The number of nitrogens with one attached hydrogen (secondary N) is 2. The van der Waals surface area contributed by atoms with Gasteiger partial charge in [0.2, 0.25) is 15.9 Å². The van der Waals surface area contributed by atoms with E-state index in [1.807, 2.05) is 38.1 Å². The second-order valence-corrected chi connectivity index (χ2v) is 10.3. The van der Waals surface area contributed by atoms with E-state index in [0.29, 0.717) is 25.2 Å². The molecule has 0 unspecified atom stereocenters. The average molecular weight is 434 g/mol. The van der Waals surface area contributed by atoms with Gasteiger partial charge >= 0.3 is 0 Å². The molecule has 2 aromatic rings. The minimum absolute atomic E-state index is 0.158. The van der Waals surface area contributed by atoms with Crippen molar-refractivity contribution in [3.63, 3.8) is 0 Å². The lowest BCUT2D eigenvalue weighted by Gasteiger charge is -2.31. The fraction of sp³-hybridized carbons (Fsp3) is 0.522. The van der Waals surface area contributed by atoms with Crippen LogP contribution in [0.3, 0.4) is 0 Å². The number of hydrogen-bond donors (Lipinski definition) is 2. The number of nitrogens with zero attached hydrogens (tertiary/aromatic N) is 1. The van der Waals surface area contributed by atoms with E-state index < -0.39 is 16.1 Å². The van der Waals surface area contributed by atoms with Crippen LogP contribution in [0.4, 0.5) is 0 Å². The van der Waals surface area contributed by atoms with Crippen LogP contribution >= 0.6 is 0 Å². The highest BCUT2D eigenvalue weighted by Gasteiger charge is 2.28. The number of sulfonamides is 1. The third-order valence-corrected chi connectivity index (χ3v) is 6.70. The van der Waals surface area contributed by atoms with E-state index in [1.165, 1.54) is 0 Å². The van der Waals surface area contributed by atoms with Crippen molar-refractivity contribution < 1.29 is 13.2 Å². The number of amides is 1. The lowest BCUT2D eigenvalue weighted by molar-refractivity contribution is -0.123. The highest BCUT2D eigenvalue weighted by atomic mass is 32.2. The molecule has 0 spiro atoms. The maximum Gasteiger partial charge on any atom is 0.241 e. The lowest BCUT2D eigenvalue weighted by Crippen LogP contribution is -2.51. The number of fused-ring (bicyclic) bond motifs is 1. The first kappa shape index (κ1) is 24.3. The molecule has 1 atom stereocenters. The highest BCUT2D eigenvalue weighted by Crippen LogP contribution is 2.19. The van der Waals surface area contributed by atoms with Gasteiger partial charge in [-0.25, -0.2) is 8.42 Å². The Balaban J connectivity index is 2.10. The quantitative estimate of drug-likeness (QED) is 0.602. The molecular weight excluding hydrogens is 398 g/mol. The van der Waals surface area contributed by atoms with Gasteiger partial charge in [0.15, 0.2) is 0 Å². The SMILES string of the molecule is CC(C)[C@H](NS(=O)(=O)c1ccc2ccccc2c1)C(=O)NCCN(C(C)C)C(C)C. The lowest BCUT2D eigenvalue weighted by atomic mass is 10.1. The van der Waals surface area contributed by atoms with Crippen molar-refractivity contribution in [1.82, 2.24) is 14.9 Å². The van der Waals surface area contributed by atoms with E-state index in [4.69, 9.17) is 0 Å². The molecule has 2 N–H and O–H groups in total. The molecular formula is C23H35N3O3S. The maximum atomic E-state index is 13.0. The standard InChI is InChI=1S/C23H35N3O3S/c1-16(2)22(23(27)24-13-14-26(17(3)4)18(5)6)25-30(28,29)21-12-11-19-9-7-8-10-20(19)15-21/h7-12,15-18,22,25H,13-14H2,1-6H3,(H,24,27)/t22-/m0/s1. The highest BCUT2D eigenvalue weighted by molar-refractivity contribution is 7.89. The van der Waals surface area contributed by atoms with Crippen molar-refractivity contribution in [3.05, 3.63) is 42.5 Å². The normalized spacial score (nSPS) is 13.5. The largest absolute Gasteiger partial charge is 0.353 e. The molecule has 6 nitrogen and oxygen atoms in total. The Hall–Kier alpha value is -1.96. The van der Waals surface area contributed by atoms with Crippen LogP contribution in [-0.4, -0.2) is 50.4 Å². The fourth-order valence-corrected chi connectivity index (χ4v) is 4.97. The van der Waals surface area contributed by atoms with Crippen molar-refractivity contribution >= 4 is 26.7 Å². The summed E-state index contributed by atoms with van der Waals surface area (Å²) in [5.74, 6) is -0.492. The molecule has 0 saturated carbocycles. The number of benzene rings is 2.